The highest BCUT2D eigenvalue weighted by atomic mass is 79.9. The van der Waals surface area contributed by atoms with E-state index < -0.39 is 0 Å². The van der Waals surface area contributed by atoms with Crippen LogP contribution in [0.5, 0.6) is 0 Å². The zero-order valence-electron chi connectivity index (χ0n) is 9.80. The highest BCUT2D eigenvalue weighted by molar-refractivity contribution is 9.10. The van der Waals surface area contributed by atoms with Gasteiger partial charge in [0.2, 0.25) is 0 Å². The molecule has 0 fully saturated rings. The summed E-state index contributed by atoms with van der Waals surface area (Å²) in [6.45, 7) is 0.244. The van der Waals surface area contributed by atoms with E-state index in [1.807, 2.05) is 29.6 Å². The van der Waals surface area contributed by atoms with Crippen LogP contribution in [0.3, 0.4) is 0 Å². The lowest BCUT2D eigenvalue weighted by Gasteiger charge is -1.99. The van der Waals surface area contributed by atoms with Gasteiger partial charge in [-0.05, 0) is 12.1 Å². The summed E-state index contributed by atoms with van der Waals surface area (Å²) in [5.74, 6) is 0.545. The standard InChI is InChI=1S/C13H10BrN3OS/c14-8-3-1-7(2-4-8)9-6-19-13(17-9)11-10(18)5-16-12(11)15/h1-4,6,18H,5H2,(H2,15,16). The zero-order valence-corrected chi connectivity index (χ0v) is 12.2. The predicted octanol–water partition coefficient (Wildman–Crippen LogP) is 3.21. The second-order valence-corrected chi connectivity index (χ2v) is 5.84. The minimum atomic E-state index is 0.189. The number of halogens is 1. The van der Waals surface area contributed by atoms with Gasteiger partial charge in [-0.25, -0.2) is 4.98 Å². The van der Waals surface area contributed by atoms with Crippen molar-refractivity contribution in [1.29, 1.82) is 0 Å². The minimum Gasteiger partial charge on any atom is -0.509 e. The normalized spacial score (nSPS) is 14.9. The number of aromatic nitrogens is 1. The summed E-state index contributed by atoms with van der Waals surface area (Å²) < 4.78 is 1.03. The van der Waals surface area contributed by atoms with Crippen LogP contribution in [0.4, 0.5) is 0 Å². The van der Waals surface area contributed by atoms with Gasteiger partial charge >= 0.3 is 0 Å². The first-order valence-electron chi connectivity index (χ1n) is 5.59. The fourth-order valence-corrected chi connectivity index (χ4v) is 3.01. The molecule has 2 aromatic rings. The van der Waals surface area contributed by atoms with Crippen molar-refractivity contribution in [3.05, 3.63) is 44.9 Å². The molecule has 1 aromatic heterocycles. The van der Waals surface area contributed by atoms with E-state index in [-0.39, 0.29) is 12.3 Å². The third-order valence-electron chi connectivity index (χ3n) is 2.80. The molecule has 1 aliphatic rings. The van der Waals surface area contributed by atoms with Crippen LogP contribution in [0.15, 0.2) is 44.9 Å². The van der Waals surface area contributed by atoms with Crippen molar-refractivity contribution in [2.45, 2.75) is 0 Å². The number of aliphatic hydroxyl groups excluding tert-OH is 1. The number of aliphatic hydroxyl groups is 1. The minimum absolute atomic E-state index is 0.189. The molecule has 96 valence electrons. The van der Waals surface area contributed by atoms with Gasteiger partial charge in [-0.3, -0.25) is 4.99 Å². The van der Waals surface area contributed by atoms with E-state index >= 15 is 0 Å². The lowest BCUT2D eigenvalue weighted by Crippen LogP contribution is -2.11. The Kier molecular flexibility index (Phi) is 3.12. The molecule has 4 nitrogen and oxygen atoms in total. The van der Waals surface area contributed by atoms with Crippen LogP contribution >= 0.6 is 27.3 Å². The summed E-state index contributed by atoms with van der Waals surface area (Å²) in [6, 6.07) is 7.92. The maximum Gasteiger partial charge on any atom is 0.132 e. The molecule has 3 rings (SSSR count). The Bertz CT molecular complexity index is 688. The predicted molar refractivity (Wildman–Crippen MR) is 81.3 cm³/mol. The largest absolute Gasteiger partial charge is 0.509 e. The van der Waals surface area contributed by atoms with Gasteiger partial charge < -0.3 is 10.8 Å². The maximum absolute atomic E-state index is 9.77. The van der Waals surface area contributed by atoms with Crippen LogP contribution in [0.25, 0.3) is 16.8 Å². The molecule has 0 amide bonds. The Morgan fingerprint density at radius 2 is 2.00 bits per heavy atom. The first-order chi connectivity index (χ1) is 9.15. The number of thiazole rings is 1. The number of rotatable bonds is 2. The van der Waals surface area contributed by atoms with Gasteiger partial charge in [0, 0.05) is 15.4 Å². The third-order valence-corrected chi connectivity index (χ3v) is 4.19. The molecule has 2 heterocycles. The molecule has 0 radical (unpaired) electrons. The van der Waals surface area contributed by atoms with E-state index in [1.54, 1.807) is 0 Å². The first kappa shape index (κ1) is 12.4. The number of aliphatic imine (C=N–C) groups is 1. The van der Waals surface area contributed by atoms with Gasteiger partial charge in [-0.2, -0.15) is 0 Å². The lowest BCUT2D eigenvalue weighted by atomic mass is 10.2. The van der Waals surface area contributed by atoms with Crippen molar-refractivity contribution in [1.82, 2.24) is 4.98 Å². The average Bonchev–Trinajstić information content (AvgIpc) is 2.98. The quantitative estimate of drug-likeness (QED) is 0.885. The van der Waals surface area contributed by atoms with Gasteiger partial charge in [0.15, 0.2) is 0 Å². The van der Waals surface area contributed by atoms with Crippen molar-refractivity contribution < 1.29 is 5.11 Å². The van der Waals surface area contributed by atoms with Gasteiger partial charge in [0.25, 0.3) is 0 Å². The van der Waals surface area contributed by atoms with Gasteiger partial charge in [-0.1, -0.05) is 28.1 Å². The Morgan fingerprint density at radius 1 is 1.26 bits per heavy atom. The van der Waals surface area contributed by atoms with Crippen LogP contribution in [-0.4, -0.2) is 22.5 Å². The number of amidine groups is 1. The summed E-state index contributed by atoms with van der Waals surface area (Å²) in [5, 5.41) is 12.4. The van der Waals surface area contributed by atoms with Crippen LogP contribution in [-0.2, 0) is 0 Å². The number of benzene rings is 1. The molecule has 0 saturated heterocycles. The first-order valence-corrected chi connectivity index (χ1v) is 7.26. The van der Waals surface area contributed by atoms with E-state index in [2.05, 4.69) is 25.9 Å². The third kappa shape index (κ3) is 2.29. The number of hydrogen-bond donors (Lipinski definition) is 2. The Balaban J connectivity index is 1.98. The van der Waals surface area contributed by atoms with Crippen molar-refractivity contribution in [3.8, 4) is 11.3 Å². The van der Waals surface area contributed by atoms with Crippen molar-refractivity contribution in [2.24, 2.45) is 10.7 Å². The fraction of sp³-hybridized carbons (Fsp3) is 0.0769. The van der Waals surface area contributed by atoms with Crippen LogP contribution in [0, 0.1) is 0 Å². The molecular formula is C13H10BrN3OS. The molecule has 0 spiro atoms. The van der Waals surface area contributed by atoms with E-state index in [4.69, 9.17) is 5.73 Å². The van der Waals surface area contributed by atoms with E-state index in [9.17, 15) is 5.11 Å². The molecule has 0 bridgehead atoms. The SMILES string of the molecule is NC1=NCC(O)=C1c1nc(-c2ccc(Br)cc2)cs1. The number of nitrogens with two attached hydrogens (primary N) is 1. The van der Waals surface area contributed by atoms with E-state index in [0.29, 0.717) is 16.4 Å². The molecule has 0 unspecified atom stereocenters. The molecule has 0 aliphatic carbocycles. The number of hydrogen-bond acceptors (Lipinski definition) is 5. The van der Waals surface area contributed by atoms with Crippen LogP contribution < -0.4 is 5.73 Å². The lowest BCUT2D eigenvalue weighted by molar-refractivity contribution is 0.411. The zero-order chi connectivity index (χ0) is 13.4. The van der Waals surface area contributed by atoms with Crippen molar-refractivity contribution in [2.75, 3.05) is 6.54 Å². The Hall–Kier alpha value is -1.66. The molecule has 3 N–H and O–H groups in total. The number of nitrogens with zero attached hydrogens (tertiary/aromatic N) is 2. The van der Waals surface area contributed by atoms with Gasteiger partial charge in [0.05, 0.1) is 17.8 Å². The molecular weight excluding hydrogens is 326 g/mol. The second-order valence-electron chi connectivity index (χ2n) is 4.07. The topological polar surface area (TPSA) is 71.5 Å². The molecule has 0 saturated carbocycles. The smallest absolute Gasteiger partial charge is 0.132 e. The molecule has 1 aliphatic heterocycles. The van der Waals surface area contributed by atoms with Crippen LogP contribution in [0.2, 0.25) is 0 Å². The summed E-state index contributed by atoms with van der Waals surface area (Å²) in [5.41, 5.74) is 8.22. The second kappa shape index (κ2) is 4.79. The van der Waals surface area contributed by atoms with E-state index in [1.165, 1.54) is 11.3 Å². The van der Waals surface area contributed by atoms with Gasteiger partial charge in [0.1, 0.15) is 16.6 Å². The molecule has 19 heavy (non-hydrogen) atoms. The summed E-state index contributed by atoms with van der Waals surface area (Å²) in [4.78, 5) is 8.52. The Labute approximate surface area is 122 Å². The summed E-state index contributed by atoms with van der Waals surface area (Å²) >= 11 is 4.85. The Morgan fingerprint density at radius 3 is 2.63 bits per heavy atom. The average molecular weight is 336 g/mol. The highest BCUT2D eigenvalue weighted by Crippen LogP contribution is 2.30. The van der Waals surface area contributed by atoms with Crippen LogP contribution in [0.1, 0.15) is 5.01 Å². The molecule has 6 heteroatoms. The van der Waals surface area contributed by atoms with Crippen molar-refractivity contribution in [3.63, 3.8) is 0 Å². The summed E-state index contributed by atoms with van der Waals surface area (Å²) in [7, 11) is 0. The maximum atomic E-state index is 9.77. The fourth-order valence-electron chi connectivity index (χ4n) is 1.84. The van der Waals surface area contributed by atoms with E-state index in [0.717, 1.165) is 15.7 Å². The monoisotopic (exact) mass is 335 g/mol. The summed E-state index contributed by atoms with van der Waals surface area (Å²) in [6.07, 6.45) is 0. The molecule has 1 aromatic carbocycles. The van der Waals surface area contributed by atoms with Gasteiger partial charge in [-0.15, -0.1) is 11.3 Å². The molecule has 0 atom stereocenters. The highest BCUT2D eigenvalue weighted by Gasteiger charge is 2.21. The van der Waals surface area contributed by atoms with Crippen molar-refractivity contribution >= 4 is 38.7 Å².